The van der Waals surface area contributed by atoms with Crippen molar-refractivity contribution in [2.24, 2.45) is 5.73 Å². The lowest BCUT2D eigenvalue weighted by molar-refractivity contribution is 0.0924. The van der Waals surface area contributed by atoms with Crippen LogP contribution in [0.4, 0.5) is 0 Å². The first-order valence-corrected chi connectivity index (χ1v) is 6.72. The summed E-state index contributed by atoms with van der Waals surface area (Å²) >= 11 is 3.43. The maximum absolute atomic E-state index is 12.1. The summed E-state index contributed by atoms with van der Waals surface area (Å²) in [5.74, 6) is -0.198. The number of nitrogens with zero attached hydrogens (tertiary/aromatic N) is 1. The quantitative estimate of drug-likeness (QED) is 0.761. The smallest absolute Gasteiger partial charge is 0.268 e. The van der Waals surface area contributed by atoms with Crippen LogP contribution in [0, 0.1) is 0 Å². The maximum atomic E-state index is 12.1. The minimum Gasteiger partial charge on any atom is -0.378 e. The molecule has 2 aromatic rings. The third-order valence-electron chi connectivity index (χ3n) is 3.16. The van der Waals surface area contributed by atoms with E-state index < -0.39 is 0 Å². The van der Waals surface area contributed by atoms with Gasteiger partial charge in [0.05, 0.1) is 25.3 Å². The highest BCUT2D eigenvalue weighted by molar-refractivity contribution is 9.10. The second-order valence-corrected chi connectivity index (χ2v) is 5.37. The third kappa shape index (κ3) is 2.36. The van der Waals surface area contributed by atoms with Crippen LogP contribution < -0.4 is 11.1 Å². The van der Waals surface area contributed by atoms with Gasteiger partial charge in [-0.05, 0) is 28.1 Å². The SMILES string of the molecule is NC1COCC1NC(=O)c1cc2c(Br)ccnc2[nH]1. The van der Waals surface area contributed by atoms with Crippen molar-refractivity contribution in [3.63, 3.8) is 0 Å². The highest BCUT2D eigenvalue weighted by Crippen LogP contribution is 2.22. The molecular formula is C12H13BrN4O2. The molecule has 1 fully saturated rings. The molecule has 2 aromatic heterocycles. The molecule has 0 aliphatic carbocycles. The molecule has 1 saturated heterocycles. The fourth-order valence-corrected chi connectivity index (χ4v) is 2.50. The molecule has 2 unspecified atom stereocenters. The van der Waals surface area contributed by atoms with Gasteiger partial charge < -0.3 is 20.8 Å². The molecular weight excluding hydrogens is 312 g/mol. The molecule has 0 aromatic carbocycles. The maximum Gasteiger partial charge on any atom is 0.268 e. The lowest BCUT2D eigenvalue weighted by Gasteiger charge is -2.14. The summed E-state index contributed by atoms with van der Waals surface area (Å²) in [5, 5.41) is 3.74. The summed E-state index contributed by atoms with van der Waals surface area (Å²) in [6.45, 7) is 0.930. The average molecular weight is 325 g/mol. The molecule has 6 nitrogen and oxygen atoms in total. The molecule has 1 amide bonds. The molecule has 2 atom stereocenters. The molecule has 0 saturated carbocycles. The number of ether oxygens (including phenoxy) is 1. The van der Waals surface area contributed by atoms with Crippen molar-refractivity contribution >= 4 is 32.9 Å². The Morgan fingerprint density at radius 1 is 1.58 bits per heavy atom. The van der Waals surface area contributed by atoms with E-state index in [0.717, 1.165) is 9.86 Å². The Labute approximate surface area is 117 Å². The van der Waals surface area contributed by atoms with E-state index >= 15 is 0 Å². The van der Waals surface area contributed by atoms with Crippen LogP contribution >= 0.6 is 15.9 Å². The Balaban J connectivity index is 1.83. The van der Waals surface area contributed by atoms with Gasteiger partial charge in [-0.15, -0.1) is 0 Å². The standard InChI is InChI=1S/C12H13BrN4O2/c13-7-1-2-15-11-6(7)3-9(16-11)12(18)17-10-5-19-4-8(10)14/h1-3,8,10H,4-5,14H2,(H,15,16)(H,17,18). The van der Waals surface area contributed by atoms with E-state index in [1.165, 1.54) is 0 Å². The zero-order chi connectivity index (χ0) is 13.4. The average Bonchev–Trinajstić information content (AvgIpc) is 2.97. The molecule has 3 rings (SSSR count). The number of aromatic amines is 1. The topological polar surface area (TPSA) is 93.0 Å². The van der Waals surface area contributed by atoms with Crippen LogP contribution in [0.2, 0.25) is 0 Å². The fraction of sp³-hybridized carbons (Fsp3) is 0.333. The minimum atomic E-state index is -0.198. The van der Waals surface area contributed by atoms with Crippen LogP contribution in [0.1, 0.15) is 10.5 Å². The van der Waals surface area contributed by atoms with E-state index in [1.807, 2.05) is 6.07 Å². The summed E-state index contributed by atoms with van der Waals surface area (Å²) in [4.78, 5) is 19.3. The number of amides is 1. The summed E-state index contributed by atoms with van der Waals surface area (Å²) < 4.78 is 6.11. The normalized spacial score (nSPS) is 22.8. The molecule has 19 heavy (non-hydrogen) atoms. The van der Waals surface area contributed by atoms with Crippen LogP contribution in [-0.2, 0) is 4.74 Å². The Morgan fingerprint density at radius 2 is 2.42 bits per heavy atom. The second-order valence-electron chi connectivity index (χ2n) is 4.52. The number of fused-ring (bicyclic) bond motifs is 1. The lowest BCUT2D eigenvalue weighted by atomic mass is 10.2. The predicted octanol–water partition coefficient (Wildman–Crippen LogP) is 0.781. The van der Waals surface area contributed by atoms with Crippen LogP contribution in [0.15, 0.2) is 22.8 Å². The van der Waals surface area contributed by atoms with Crippen molar-refractivity contribution in [3.05, 3.63) is 28.5 Å². The summed E-state index contributed by atoms with van der Waals surface area (Å²) in [6.07, 6.45) is 1.67. The molecule has 1 aliphatic heterocycles. The predicted molar refractivity (Wildman–Crippen MR) is 73.8 cm³/mol. The van der Waals surface area contributed by atoms with Gasteiger partial charge in [0.2, 0.25) is 0 Å². The van der Waals surface area contributed by atoms with Gasteiger partial charge in [0.1, 0.15) is 11.3 Å². The number of nitrogens with two attached hydrogens (primary N) is 1. The van der Waals surface area contributed by atoms with E-state index in [4.69, 9.17) is 10.5 Å². The Hall–Kier alpha value is -1.44. The number of hydrogen-bond acceptors (Lipinski definition) is 4. The molecule has 1 aliphatic rings. The monoisotopic (exact) mass is 324 g/mol. The molecule has 100 valence electrons. The lowest BCUT2D eigenvalue weighted by Crippen LogP contribution is -2.46. The highest BCUT2D eigenvalue weighted by atomic mass is 79.9. The molecule has 4 N–H and O–H groups in total. The summed E-state index contributed by atoms with van der Waals surface area (Å²) in [7, 11) is 0. The Morgan fingerprint density at radius 3 is 3.11 bits per heavy atom. The van der Waals surface area contributed by atoms with Crippen LogP contribution in [0.25, 0.3) is 11.0 Å². The summed E-state index contributed by atoms with van der Waals surface area (Å²) in [6, 6.07) is 3.30. The van der Waals surface area contributed by atoms with Crippen molar-refractivity contribution in [1.82, 2.24) is 15.3 Å². The van der Waals surface area contributed by atoms with Gasteiger partial charge in [0, 0.05) is 16.1 Å². The van der Waals surface area contributed by atoms with E-state index in [0.29, 0.717) is 24.6 Å². The zero-order valence-electron chi connectivity index (χ0n) is 10.0. The van der Waals surface area contributed by atoms with Crippen LogP contribution in [-0.4, -0.2) is 41.2 Å². The number of H-pyrrole nitrogens is 1. The number of hydrogen-bond donors (Lipinski definition) is 3. The number of pyridine rings is 1. The van der Waals surface area contributed by atoms with Gasteiger partial charge >= 0.3 is 0 Å². The van der Waals surface area contributed by atoms with Gasteiger partial charge in [-0.2, -0.15) is 0 Å². The van der Waals surface area contributed by atoms with Gasteiger partial charge in [-0.1, -0.05) is 0 Å². The van der Waals surface area contributed by atoms with Crippen molar-refractivity contribution < 1.29 is 9.53 Å². The van der Waals surface area contributed by atoms with E-state index in [-0.39, 0.29) is 18.0 Å². The van der Waals surface area contributed by atoms with Crippen molar-refractivity contribution in [2.75, 3.05) is 13.2 Å². The van der Waals surface area contributed by atoms with Crippen LogP contribution in [0.5, 0.6) is 0 Å². The van der Waals surface area contributed by atoms with E-state index in [1.54, 1.807) is 12.3 Å². The molecule has 7 heteroatoms. The van der Waals surface area contributed by atoms with Crippen molar-refractivity contribution in [2.45, 2.75) is 12.1 Å². The minimum absolute atomic E-state index is 0.143. The highest BCUT2D eigenvalue weighted by Gasteiger charge is 2.27. The first-order chi connectivity index (χ1) is 9.15. The molecule has 0 spiro atoms. The molecule has 0 bridgehead atoms. The number of carbonyl (C=O) groups excluding carboxylic acids is 1. The largest absolute Gasteiger partial charge is 0.378 e. The first-order valence-electron chi connectivity index (χ1n) is 5.92. The molecule has 3 heterocycles. The second kappa shape index (κ2) is 4.92. The molecule has 0 radical (unpaired) electrons. The first kappa shape index (κ1) is 12.6. The van der Waals surface area contributed by atoms with Crippen molar-refractivity contribution in [3.8, 4) is 0 Å². The number of carbonyl (C=O) groups is 1. The Kier molecular flexibility index (Phi) is 3.26. The van der Waals surface area contributed by atoms with Crippen LogP contribution in [0.3, 0.4) is 0 Å². The van der Waals surface area contributed by atoms with Gasteiger partial charge in [0.25, 0.3) is 5.91 Å². The van der Waals surface area contributed by atoms with Gasteiger partial charge in [-0.3, -0.25) is 4.79 Å². The zero-order valence-corrected chi connectivity index (χ0v) is 11.6. The number of aromatic nitrogens is 2. The summed E-state index contributed by atoms with van der Waals surface area (Å²) in [5.41, 5.74) is 6.97. The fourth-order valence-electron chi connectivity index (χ4n) is 2.08. The number of nitrogens with one attached hydrogen (secondary N) is 2. The van der Waals surface area contributed by atoms with Gasteiger partial charge in [0.15, 0.2) is 0 Å². The third-order valence-corrected chi connectivity index (χ3v) is 3.86. The number of rotatable bonds is 2. The van der Waals surface area contributed by atoms with Crippen molar-refractivity contribution in [1.29, 1.82) is 0 Å². The van der Waals surface area contributed by atoms with E-state index in [9.17, 15) is 4.79 Å². The Bertz CT molecular complexity index is 627. The number of halogens is 1. The van der Waals surface area contributed by atoms with Gasteiger partial charge in [-0.25, -0.2) is 4.98 Å². The van der Waals surface area contributed by atoms with E-state index in [2.05, 4.69) is 31.2 Å².